The molecule has 1 aliphatic heterocycles. The molecular weight excluding hydrogens is 407 g/mol. The highest BCUT2D eigenvalue weighted by Crippen LogP contribution is 2.30. The van der Waals surface area contributed by atoms with E-state index < -0.39 is 38.9 Å². The van der Waals surface area contributed by atoms with Crippen molar-refractivity contribution >= 4 is 33.0 Å². The van der Waals surface area contributed by atoms with E-state index in [4.69, 9.17) is 0 Å². The third-order valence-electron chi connectivity index (χ3n) is 4.00. The highest BCUT2D eigenvalue weighted by molar-refractivity contribution is 7.89. The van der Waals surface area contributed by atoms with E-state index in [-0.39, 0.29) is 9.77 Å². The number of aromatic nitrogens is 1. The lowest BCUT2D eigenvalue weighted by molar-refractivity contribution is -0.137. The first kappa shape index (κ1) is 19.6. The maximum atomic E-state index is 12.8. The highest BCUT2D eigenvalue weighted by atomic mass is 32.2. The molecule has 27 heavy (non-hydrogen) atoms. The second kappa shape index (κ2) is 7.09. The lowest BCUT2D eigenvalue weighted by Crippen LogP contribution is -2.29. The maximum absolute atomic E-state index is 12.8. The molecule has 1 saturated heterocycles. The minimum Gasteiger partial charge on any atom is -0.327 e. The molecule has 2 N–H and O–H groups in total. The lowest BCUT2D eigenvalue weighted by atomic mass is 10.2. The monoisotopic (exact) mass is 421 g/mol. The van der Waals surface area contributed by atoms with Gasteiger partial charge in [0.25, 0.3) is 11.5 Å². The molecule has 0 saturated carbocycles. The van der Waals surface area contributed by atoms with E-state index in [9.17, 15) is 31.2 Å². The highest BCUT2D eigenvalue weighted by Gasteiger charge is 2.33. The number of thiophene rings is 1. The average molecular weight is 421 g/mol. The largest absolute Gasteiger partial charge is 0.417 e. The van der Waals surface area contributed by atoms with Crippen LogP contribution in [0.4, 0.5) is 18.9 Å². The van der Waals surface area contributed by atoms with E-state index in [1.165, 1.54) is 15.8 Å². The molecule has 3 heterocycles. The lowest BCUT2D eigenvalue weighted by Gasteiger charge is -2.15. The third-order valence-corrected chi connectivity index (χ3v) is 6.98. The molecule has 2 aromatic heterocycles. The zero-order valence-electron chi connectivity index (χ0n) is 13.7. The predicted octanol–water partition coefficient (Wildman–Crippen LogP) is 2.49. The summed E-state index contributed by atoms with van der Waals surface area (Å²) in [6.45, 7) is 0.680. The number of nitrogens with one attached hydrogen (secondary N) is 2. The molecule has 3 rings (SSSR count). The van der Waals surface area contributed by atoms with Crippen molar-refractivity contribution in [2.45, 2.75) is 23.9 Å². The Kier molecular flexibility index (Phi) is 5.14. The van der Waals surface area contributed by atoms with Crippen LogP contribution in [-0.2, 0) is 16.2 Å². The Labute approximate surface area is 155 Å². The van der Waals surface area contributed by atoms with E-state index in [1.54, 1.807) is 0 Å². The summed E-state index contributed by atoms with van der Waals surface area (Å²) in [6.07, 6.45) is -2.79. The minimum atomic E-state index is -4.71. The Bertz CT molecular complexity index is 1020. The molecule has 2 aromatic rings. The zero-order valence-corrected chi connectivity index (χ0v) is 15.3. The summed E-state index contributed by atoms with van der Waals surface area (Å²) in [4.78, 5) is 25.7. The van der Waals surface area contributed by atoms with Crippen LogP contribution in [0.15, 0.2) is 33.4 Å². The van der Waals surface area contributed by atoms with Gasteiger partial charge >= 0.3 is 6.18 Å². The molecule has 0 atom stereocenters. The van der Waals surface area contributed by atoms with Gasteiger partial charge in [-0.3, -0.25) is 9.59 Å². The number of hydrogen-bond donors (Lipinski definition) is 2. The fourth-order valence-electron chi connectivity index (χ4n) is 2.65. The number of nitrogens with zero attached hydrogens (tertiary/aromatic N) is 1. The minimum absolute atomic E-state index is 0.196. The zero-order chi connectivity index (χ0) is 19.8. The van der Waals surface area contributed by atoms with E-state index in [1.807, 2.05) is 4.98 Å². The first-order valence-corrected chi connectivity index (χ1v) is 10.1. The Balaban J connectivity index is 1.91. The third kappa shape index (κ3) is 3.92. The molecule has 0 bridgehead atoms. The number of anilines is 1. The summed E-state index contributed by atoms with van der Waals surface area (Å²) in [5, 5.41) is 3.47. The van der Waals surface area contributed by atoms with Crippen LogP contribution in [0.1, 0.15) is 28.1 Å². The van der Waals surface area contributed by atoms with Crippen LogP contribution in [-0.4, -0.2) is 36.7 Å². The first-order chi connectivity index (χ1) is 12.6. The second-order valence-corrected chi connectivity index (χ2v) is 8.63. The molecule has 0 aliphatic carbocycles. The molecule has 0 spiro atoms. The van der Waals surface area contributed by atoms with Gasteiger partial charge in [0.2, 0.25) is 10.0 Å². The molecule has 1 aliphatic rings. The number of hydrogen-bond acceptors (Lipinski definition) is 5. The number of halogens is 3. The Morgan fingerprint density at radius 3 is 2.56 bits per heavy atom. The smallest absolute Gasteiger partial charge is 0.327 e. The molecule has 1 amide bonds. The Morgan fingerprint density at radius 1 is 1.26 bits per heavy atom. The van der Waals surface area contributed by atoms with E-state index in [2.05, 4.69) is 5.32 Å². The molecule has 0 radical (unpaired) electrons. The summed E-state index contributed by atoms with van der Waals surface area (Å²) in [5.41, 5.74) is -2.70. The van der Waals surface area contributed by atoms with E-state index in [0.717, 1.165) is 11.3 Å². The Hall–Kier alpha value is -2.18. The molecule has 146 valence electrons. The number of amides is 1. The van der Waals surface area contributed by atoms with Crippen molar-refractivity contribution in [1.29, 1.82) is 0 Å². The van der Waals surface area contributed by atoms with E-state index in [0.29, 0.717) is 38.2 Å². The summed E-state index contributed by atoms with van der Waals surface area (Å²) < 4.78 is 64.9. The molecule has 0 aromatic carbocycles. The normalized spacial score (nSPS) is 15.8. The van der Waals surface area contributed by atoms with Gasteiger partial charge in [0.15, 0.2) is 0 Å². The van der Waals surface area contributed by atoms with Crippen molar-refractivity contribution in [3.05, 3.63) is 44.5 Å². The number of H-pyrrole nitrogens is 1. The number of carbonyl (C=O) groups is 1. The van der Waals surface area contributed by atoms with Crippen molar-refractivity contribution in [1.82, 2.24) is 9.29 Å². The first-order valence-electron chi connectivity index (χ1n) is 7.79. The van der Waals surface area contributed by atoms with Crippen LogP contribution >= 0.6 is 11.3 Å². The summed E-state index contributed by atoms with van der Waals surface area (Å²) >= 11 is 0.826. The SMILES string of the molecule is O=C(Nc1cc(C(F)(F)F)c[nH]c1=O)c1sccc1S(=O)(=O)N1CCCC1. The Morgan fingerprint density at radius 2 is 1.93 bits per heavy atom. The van der Waals surface area contributed by atoms with Crippen LogP contribution in [0.5, 0.6) is 0 Å². The van der Waals surface area contributed by atoms with Crippen LogP contribution in [0.25, 0.3) is 0 Å². The number of rotatable bonds is 4. The van der Waals surface area contributed by atoms with Crippen molar-refractivity contribution in [3.63, 3.8) is 0 Å². The molecular formula is C15H14F3N3O4S2. The quantitative estimate of drug-likeness (QED) is 0.792. The van der Waals surface area contributed by atoms with Crippen LogP contribution in [0.2, 0.25) is 0 Å². The number of pyridine rings is 1. The van der Waals surface area contributed by atoms with Crippen molar-refractivity contribution in [3.8, 4) is 0 Å². The van der Waals surface area contributed by atoms with Crippen LogP contribution < -0.4 is 10.9 Å². The fraction of sp³-hybridized carbons (Fsp3) is 0.333. The van der Waals surface area contributed by atoms with Gasteiger partial charge in [0.05, 0.1) is 5.56 Å². The number of alkyl halides is 3. The number of carbonyl (C=O) groups excluding carboxylic acids is 1. The molecule has 12 heteroatoms. The van der Waals surface area contributed by atoms with Gasteiger partial charge in [-0.15, -0.1) is 11.3 Å². The van der Waals surface area contributed by atoms with E-state index >= 15 is 0 Å². The van der Waals surface area contributed by atoms with Gasteiger partial charge in [-0.05, 0) is 30.4 Å². The average Bonchev–Trinajstić information content (AvgIpc) is 3.28. The molecule has 0 unspecified atom stereocenters. The number of sulfonamides is 1. The van der Waals surface area contributed by atoms with Crippen LogP contribution in [0.3, 0.4) is 0 Å². The fourth-order valence-corrected chi connectivity index (χ4v) is 5.47. The number of aromatic amines is 1. The van der Waals surface area contributed by atoms with Gasteiger partial charge in [0.1, 0.15) is 15.5 Å². The summed E-state index contributed by atoms with van der Waals surface area (Å²) in [6, 6.07) is 1.77. The van der Waals surface area contributed by atoms with Crippen LogP contribution in [0, 0.1) is 0 Å². The van der Waals surface area contributed by atoms with Gasteiger partial charge < -0.3 is 10.3 Å². The summed E-state index contributed by atoms with van der Waals surface area (Å²) in [7, 11) is -3.89. The van der Waals surface area contributed by atoms with Gasteiger partial charge in [0, 0.05) is 19.3 Å². The van der Waals surface area contributed by atoms with Crippen molar-refractivity contribution in [2.24, 2.45) is 0 Å². The van der Waals surface area contributed by atoms with Gasteiger partial charge in [-0.1, -0.05) is 0 Å². The van der Waals surface area contributed by atoms with Crippen molar-refractivity contribution in [2.75, 3.05) is 18.4 Å². The molecule has 7 nitrogen and oxygen atoms in total. The second-order valence-electron chi connectivity index (χ2n) is 5.81. The van der Waals surface area contributed by atoms with Gasteiger partial charge in [-0.25, -0.2) is 8.42 Å². The standard InChI is InChI=1S/C15H14F3N3O4S2/c16-15(17,18)9-7-10(13(22)19-8-9)20-14(23)12-11(3-6-26-12)27(24,25)21-4-1-2-5-21/h3,6-8H,1-2,4-5H2,(H,19,22)(H,20,23). The predicted molar refractivity (Wildman–Crippen MR) is 92.3 cm³/mol. The molecule has 1 fully saturated rings. The van der Waals surface area contributed by atoms with Gasteiger partial charge in [-0.2, -0.15) is 17.5 Å². The topological polar surface area (TPSA) is 99.3 Å². The summed E-state index contributed by atoms with van der Waals surface area (Å²) in [5.74, 6) is -0.965. The van der Waals surface area contributed by atoms with Crippen molar-refractivity contribution < 1.29 is 26.4 Å². The maximum Gasteiger partial charge on any atom is 0.417 e.